The summed E-state index contributed by atoms with van der Waals surface area (Å²) in [5.74, 6) is 0. The minimum atomic E-state index is 0.607. The van der Waals surface area contributed by atoms with Gasteiger partial charge < -0.3 is 10.2 Å². The molecule has 1 N–H and O–H groups in total. The molecule has 0 amide bonds. The van der Waals surface area contributed by atoms with Crippen molar-refractivity contribution in [3.05, 3.63) is 6.92 Å². The molecule has 0 unspecified atom stereocenters. The minimum Gasteiger partial charge on any atom is -0.360 e. The Hall–Kier alpha value is -0.310. The number of rotatable bonds is 2. The van der Waals surface area contributed by atoms with E-state index in [2.05, 4.69) is 12.2 Å². The van der Waals surface area contributed by atoms with E-state index in [0.29, 0.717) is 6.04 Å². The second-order valence-corrected chi connectivity index (χ2v) is 4.09. The molecule has 1 saturated carbocycles. The fourth-order valence-corrected chi connectivity index (χ4v) is 1.89. The summed E-state index contributed by atoms with van der Waals surface area (Å²) < 4.78 is 0. The zero-order valence-electron chi connectivity index (χ0n) is 8.38. The topological polar surface area (TPSA) is 15.3 Å². The highest BCUT2D eigenvalue weighted by Gasteiger charge is 2.14. The van der Waals surface area contributed by atoms with Crippen molar-refractivity contribution in [2.45, 2.75) is 38.1 Å². The van der Waals surface area contributed by atoms with Crippen molar-refractivity contribution >= 4 is 17.3 Å². The normalized spacial score (nSPS) is 18.3. The Kier molecular flexibility index (Phi) is 4.50. The van der Waals surface area contributed by atoms with Crippen LogP contribution in [0.5, 0.6) is 0 Å². The van der Waals surface area contributed by atoms with E-state index in [-0.39, 0.29) is 0 Å². The molecule has 0 spiro atoms. The molecule has 1 rings (SSSR count). The highest BCUT2D eigenvalue weighted by Crippen LogP contribution is 2.17. The van der Waals surface area contributed by atoms with Crippen LogP contribution in [0.4, 0.5) is 0 Å². The van der Waals surface area contributed by atoms with Crippen molar-refractivity contribution < 1.29 is 0 Å². The molecule has 0 heterocycles. The van der Waals surface area contributed by atoms with Crippen LogP contribution in [0.1, 0.15) is 32.1 Å². The Morgan fingerprint density at radius 2 is 2.08 bits per heavy atom. The predicted molar refractivity (Wildman–Crippen MR) is 60.6 cm³/mol. The maximum Gasteiger partial charge on any atom is 0.168 e. The number of nitrogens with one attached hydrogen (secondary N) is 1. The van der Waals surface area contributed by atoms with Gasteiger partial charge in [-0.3, -0.25) is 0 Å². The van der Waals surface area contributed by atoms with Gasteiger partial charge in [-0.15, -0.1) is 0 Å². The zero-order valence-corrected chi connectivity index (χ0v) is 9.20. The molecule has 1 aliphatic carbocycles. The molecule has 0 aromatic heterocycles. The third-order valence-electron chi connectivity index (χ3n) is 2.61. The Morgan fingerprint density at radius 1 is 1.46 bits per heavy atom. The molecule has 0 aromatic carbocycles. The number of hydrogen-bond donors (Lipinski definition) is 1. The SMILES string of the molecule is [CH2]CN(C)C(=S)NC1CCCCC1. The van der Waals surface area contributed by atoms with Gasteiger partial charge in [-0.25, -0.2) is 0 Å². The third kappa shape index (κ3) is 3.51. The van der Waals surface area contributed by atoms with Crippen molar-refractivity contribution in [1.82, 2.24) is 10.2 Å². The highest BCUT2D eigenvalue weighted by atomic mass is 32.1. The molecule has 1 aliphatic rings. The Bertz CT molecular complexity index is 164. The van der Waals surface area contributed by atoms with E-state index >= 15 is 0 Å². The van der Waals surface area contributed by atoms with Crippen molar-refractivity contribution in [3.63, 3.8) is 0 Å². The molecule has 2 nitrogen and oxygen atoms in total. The fourth-order valence-electron chi connectivity index (χ4n) is 1.63. The third-order valence-corrected chi connectivity index (χ3v) is 3.04. The number of nitrogens with zero attached hydrogens (tertiary/aromatic N) is 1. The van der Waals surface area contributed by atoms with E-state index in [4.69, 9.17) is 12.2 Å². The molecule has 3 heteroatoms. The van der Waals surface area contributed by atoms with Crippen molar-refractivity contribution in [2.75, 3.05) is 13.6 Å². The van der Waals surface area contributed by atoms with Gasteiger partial charge in [0.25, 0.3) is 0 Å². The lowest BCUT2D eigenvalue weighted by Crippen LogP contribution is -2.43. The van der Waals surface area contributed by atoms with Gasteiger partial charge >= 0.3 is 0 Å². The van der Waals surface area contributed by atoms with Crippen LogP contribution in [0.25, 0.3) is 0 Å². The van der Waals surface area contributed by atoms with Gasteiger partial charge in [0.1, 0.15) is 0 Å². The first kappa shape index (κ1) is 10.8. The summed E-state index contributed by atoms with van der Waals surface area (Å²) in [5.41, 5.74) is 0. The van der Waals surface area contributed by atoms with Crippen LogP contribution >= 0.6 is 12.2 Å². The van der Waals surface area contributed by atoms with Crippen LogP contribution in [0.15, 0.2) is 0 Å². The summed E-state index contributed by atoms with van der Waals surface area (Å²) >= 11 is 5.23. The van der Waals surface area contributed by atoms with Crippen molar-refractivity contribution in [2.24, 2.45) is 0 Å². The molecule has 0 aromatic rings. The molecular weight excluding hydrogens is 180 g/mol. The van der Waals surface area contributed by atoms with Gasteiger partial charge in [0, 0.05) is 19.6 Å². The lowest BCUT2D eigenvalue weighted by Gasteiger charge is -2.27. The maximum atomic E-state index is 5.23. The van der Waals surface area contributed by atoms with Crippen LogP contribution < -0.4 is 5.32 Å². The summed E-state index contributed by atoms with van der Waals surface area (Å²) in [6.07, 6.45) is 6.61. The summed E-state index contributed by atoms with van der Waals surface area (Å²) in [6.45, 7) is 4.53. The maximum absolute atomic E-state index is 5.23. The lowest BCUT2D eigenvalue weighted by atomic mass is 9.96. The Balaban J connectivity index is 2.26. The van der Waals surface area contributed by atoms with Gasteiger partial charge in [0.2, 0.25) is 0 Å². The Labute approximate surface area is 86.7 Å². The predicted octanol–water partition coefficient (Wildman–Crippen LogP) is 1.96. The van der Waals surface area contributed by atoms with E-state index in [9.17, 15) is 0 Å². The molecule has 0 atom stereocenters. The largest absolute Gasteiger partial charge is 0.360 e. The summed E-state index contributed by atoms with van der Waals surface area (Å²) in [4.78, 5) is 1.98. The second-order valence-electron chi connectivity index (χ2n) is 3.71. The van der Waals surface area contributed by atoms with E-state index in [1.54, 1.807) is 0 Å². The zero-order chi connectivity index (χ0) is 9.68. The quantitative estimate of drug-likeness (QED) is 0.684. The average Bonchev–Trinajstić information content (AvgIpc) is 2.18. The standard InChI is InChI=1S/C10H19N2S/c1-3-12(2)10(13)11-9-7-5-4-6-8-9/h9H,1,3-8H2,2H3,(H,11,13). The molecular formula is C10H19N2S. The fraction of sp³-hybridized carbons (Fsp3) is 0.800. The first-order valence-electron chi connectivity index (χ1n) is 5.05. The minimum absolute atomic E-state index is 0.607. The van der Waals surface area contributed by atoms with E-state index in [1.165, 1.54) is 32.1 Å². The molecule has 75 valence electrons. The summed E-state index contributed by atoms with van der Waals surface area (Å²) in [5, 5.41) is 4.24. The monoisotopic (exact) mass is 199 g/mol. The number of hydrogen-bond acceptors (Lipinski definition) is 1. The average molecular weight is 199 g/mol. The molecule has 13 heavy (non-hydrogen) atoms. The molecule has 1 radical (unpaired) electrons. The summed E-state index contributed by atoms with van der Waals surface area (Å²) in [6, 6.07) is 0.607. The van der Waals surface area contributed by atoms with Crippen molar-refractivity contribution in [3.8, 4) is 0 Å². The van der Waals surface area contributed by atoms with Crippen LogP contribution in [-0.4, -0.2) is 29.6 Å². The number of thiocarbonyl (C=S) groups is 1. The van der Waals surface area contributed by atoms with Crippen LogP contribution in [0.3, 0.4) is 0 Å². The van der Waals surface area contributed by atoms with Crippen LogP contribution in [0, 0.1) is 6.92 Å². The van der Waals surface area contributed by atoms with Crippen LogP contribution in [-0.2, 0) is 0 Å². The Morgan fingerprint density at radius 3 is 2.62 bits per heavy atom. The molecule has 1 fully saturated rings. The van der Waals surface area contributed by atoms with Crippen molar-refractivity contribution in [1.29, 1.82) is 0 Å². The first-order valence-corrected chi connectivity index (χ1v) is 5.45. The van der Waals surface area contributed by atoms with E-state index in [1.807, 2.05) is 11.9 Å². The van der Waals surface area contributed by atoms with Gasteiger partial charge in [-0.2, -0.15) is 0 Å². The van der Waals surface area contributed by atoms with Crippen LogP contribution in [0.2, 0.25) is 0 Å². The van der Waals surface area contributed by atoms with Gasteiger partial charge in [0.05, 0.1) is 0 Å². The van der Waals surface area contributed by atoms with Gasteiger partial charge in [0.15, 0.2) is 5.11 Å². The molecule has 0 saturated heterocycles. The molecule has 0 bridgehead atoms. The van der Waals surface area contributed by atoms with E-state index < -0.39 is 0 Å². The second kappa shape index (κ2) is 5.43. The van der Waals surface area contributed by atoms with Gasteiger partial charge in [-0.05, 0) is 32.0 Å². The first-order chi connectivity index (χ1) is 6.24. The van der Waals surface area contributed by atoms with Gasteiger partial charge in [-0.1, -0.05) is 19.3 Å². The lowest BCUT2D eigenvalue weighted by molar-refractivity contribution is 0.399. The smallest absolute Gasteiger partial charge is 0.168 e. The highest BCUT2D eigenvalue weighted by molar-refractivity contribution is 7.80. The molecule has 0 aliphatic heterocycles. The van der Waals surface area contributed by atoms with E-state index in [0.717, 1.165) is 11.7 Å². The summed E-state index contributed by atoms with van der Waals surface area (Å²) in [7, 11) is 1.98.